The summed E-state index contributed by atoms with van der Waals surface area (Å²) >= 11 is 0. The Morgan fingerprint density at radius 1 is 0.967 bits per heavy atom. The van der Waals surface area contributed by atoms with Crippen LogP contribution in [0.15, 0.2) is 48.5 Å². The van der Waals surface area contributed by atoms with Crippen molar-refractivity contribution in [1.82, 2.24) is 4.90 Å². The van der Waals surface area contributed by atoms with Crippen LogP contribution >= 0.6 is 0 Å². The molecular formula is C23H24N2O5. The molecule has 3 rings (SSSR count). The molecule has 1 aliphatic heterocycles. The van der Waals surface area contributed by atoms with Crippen molar-refractivity contribution < 1.29 is 23.9 Å². The first-order valence-electron chi connectivity index (χ1n) is 9.63. The number of esters is 1. The summed E-state index contributed by atoms with van der Waals surface area (Å²) in [7, 11) is 0. The molecule has 1 atom stereocenters. The van der Waals surface area contributed by atoms with E-state index in [-0.39, 0.29) is 16.5 Å². The Labute approximate surface area is 175 Å². The highest BCUT2D eigenvalue weighted by Crippen LogP contribution is 2.25. The molecule has 1 heterocycles. The molecule has 0 bridgehead atoms. The van der Waals surface area contributed by atoms with Gasteiger partial charge in [0.1, 0.15) is 6.04 Å². The highest BCUT2D eigenvalue weighted by atomic mass is 16.5. The smallest absolute Gasteiger partial charge is 0.329 e. The molecule has 30 heavy (non-hydrogen) atoms. The number of rotatable bonds is 5. The fourth-order valence-electron chi connectivity index (χ4n) is 3.17. The lowest BCUT2D eigenvalue weighted by Gasteiger charge is -2.21. The Hall–Kier alpha value is -3.48. The molecule has 0 fully saturated rings. The normalized spacial score (nSPS) is 14.3. The lowest BCUT2D eigenvalue weighted by atomic mass is 9.87. The predicted octanol–water partition coefficient (Wildman–Crippen LogP) is 3.15. The average molecular weight is 408 g/mol. The van der Waals surface area contributed by atoms with Gasteiger partial charge in [-0.1, -0.05) is 45.0 Å². The topological polar surface area (TPSA) is 92.8 Å². The van der Waals surface area contributed by atoms with E-state index in [1.54, 1.807) is 24.3 Å². The number of hydrogen-bond acceptors (Lipinski definition) is 5. The second kappa shape index (κ2) is 8.10. The first-order chi connectivity index (χ1) is 14.1. The summed E-state index contributed by atoms with van der Waals surface area (Å²) in [6.45, 7) is 7.15. The van der Waals surface area contributed by atoms with Crippen molar-refractivity contribution >= 4 is 29.4 Å². The van der Waals surface area contributed by atoms with Crippen LogP contribution in [0.5, 0.6) is 0 Å². The highest BCUT2D eigenvalue weighted by molar-refractivity contribution is 6.22. The van der Waals surface area contributed by atoms with Crippen LogP contribution in [0.25, 0.3) is 0 Å². The van der Waals surface area contributed by atoms with E-state index >= 15 is 0 Å². The summed E-state index contributed by atoms with van der Waals surface area (Å²) in [5.74, 6) is -2.45. The zero-order valence-corrected chi connectivity index (χ0v) is 17.4. The maximum Gasteiger partial charge on any atom is 0.329 e. The minimum absolute atomic E-state index is 0.00168. The monoisotopic (exact) mass is 408 g/mol. The number of amides is 3. The Kier molecular flexibility index (Phi) is 5.73. The van der Waals surface area contributed by atoms with E-state index in [0.717, 1.165) is 10.5 Å². The van der Waals surface area contributed by atoms with Crippen LogP contribution in [0.2, 0.25) is 0 Å². The molecule has 1 aliphatic rings. The van der Waals surface area contributed by atoms with Gasteiger partial charge in [-0.3, -0.25) is 19.3 Å². The molecule has 2 aromatic carbocycles. The molecule has 3 amide bonds. The predicted molar refractivity (Wildman–Crippen MR) is 111 cm³/mol. The number of nitrogens with one attached hydrogen (secondary N) is 1. The third-order valence-corrected chi connectivity index (χ3v) is 4.93. The number of hydrogen-bond donors (Lipinski definition) is 1. The maximum absolute atomic E-state index is 12.4. The summed E-state index contributed by atoms with van der Waals surface area (Å²) in [5, 5.41) is 2.65. The van der Waals surface area contributed by atoms with Crippen molar-refractivity contribution in [3.8, 4) is 0 Å². The van der Waals surface area contributed by atoms with Crippen LogP contribution in [-0.4, -0.2) is 41.2 Å². The number of carbonyl (C=O) groups is 4. The SMILES string of the molecule is C[C@@H](C(=O)OCC(=O)Nc1ccc(C(C)(C)C)cc1)N1C(=O)c2ccccc2C1=O. The summed E-state index contributed by atoms with van der Waals surface area (Å²) < 4.78 is 5.03. The minimum atomic E-state index is -1.14. The van der Waals surface area contributed by atoms with E-state index in [4.69, 9.17) is 4.74 Å². The van der Waals surface area contributed by atoms with Crippen LogP contribution in [0, 0.1) is 0 Å². The zero-order chi connectivity index (χ0) is 22.1. The molecule has 0 aliphatic carbocycles. The van der Waals surface area contributed by atoms with Crippen molar-refractivity contribution in [3.63, 3.8) is 0 Å². The van der Waals surface area contributed by atoms with E-state index < -0.39 is 36.3 Å². The van der Waals surface area contributed by atoms with Crippen LogP contribution in [0.1, 0.15) is 54.0 Å². The fraction of sp³-hybridized carbons (Fsp3) is 0.304. The lowest BCUT2D eigenvalue weighted by Crippen LogP contribution is -2.44. The van der Waals surface area contributed by atoms with Crippen molar-refractivity contribution in [2.45, 2.75) is 39.2 Å². The molecule has 0 saturated carbocycles. The first-order valence-corrected chi connectivity index (χ1v) is 9.63. The largest absolute Gasteiger partial charge is 0.454 e. The third-order valence-electron chi connectivity index (χ3n) is 4.93. The van der Waals surface area contributed by atoms with Gasteiger partial charge in [0.25, 0.3) is 17.7 Å². The van der Waals surface area contributed by atoms with Gasteiger partial charge >= 0.3 is 5.97 Å². The van der Waals surface area contributed by atoms with Crippen molar-refractivity contribution in [1.29, 1.82) is 0 Å². The summed E-state index contributed by atoms with van der Waals surface area (Å²) in [6.07, 6.45) is 0. The van der Waals surface area contributed by atoms with Crippen LogP contribution in [-0.2, 0) is 19.7 Å². The highest BCUT2D eigenvalue weighted by Gasteiger charge is 2.41. The zero-order valence-electron chi connectivity index (χ0n) is 17.4. The van der Waals surface area contributed by atoms with E-state index in [9.17, 15) is 19.2 Å². The van der Waals surface area contributed by atoms with Gasteiger partial charge in [-0.2, -0.15) is 0 Å². The number of fused-ring (bicyclic) bond motifs is 1. The Morgan fingerprint density at radius 3 is 2.00 bits per heavy atom. The van der Waals surface area contributed by atoms with Gasteiger partial charge in [-0.15, -0.1) is 0 Å². The summed E-state index contributed by atoms with van der Waals surface area (Å²) in [6, 6.07) is 12.6. The Morgan fingerprint density at radius 2 is 1.50 bits per heavy atom. The maximum atomic E-state index is 12.4. The quantitative estimate of drug-likeness (QED) is 0.606. The molecule has 7 nitrogen and oxygen atoms in total. The Bertz CT molecular complexity index is 970. The molecule has 156 valence electrons. The van der Waals surface area contributed by atoms with E-state index in [1.165, 1.54) is 19.1 Å². The van der Waals surface area contributed by atoms with Gasteiger partial charge < -0.3 is 10.1 Å². The molecule has 0 unspecified atom stereocenters. The number of benzene rings is 2. The van der Waals surface area contributed by atoms with Crippen LogP contribution in [0.3, 0.4) is 0 Å². The van der Waals surface area contributed by atoms with E-state index in [2.05, 4.69) is 26.1 Å². The molecule has 0 aromatic heterocycles. The lowest BCUT2D eigenvalue weighted by molar-refractivity contribution is -0.150. The number of ether oxygens (including phenoxy) is 1. The third kappa shape index (κ3) is 4.25. The molecule has 0 spiro atoms. The molecule has 1 N–H and O–H groups in total. The second-order valence-corrected chi connectivity index (χ2v) is 8.19. The van der Waals surface area contributed by atoms with E-state index in [0.29, 0.717) is 5.69 Å². The van der Waals surface area contributed by atoms with Gasteiger partial charge in [-0.05, 0) is 42.2 Å². The fourth-order valence-corrected chi connectivity index (χ4v) is 3.17. The van der Waals surface area contributed by atoms with Gasteiger partial charge in [0.2, 0.25) is 0 Å². The van der Waals surface area contributed by atoms with E-state index in [1.807, 2.05) is 12.1 Å². The molecule has 2 aromatic rings. The number of carbonyl (C=O) groups excluding carboxylic acids is 4. The van der Waals surface area contributed by atoms with Crippen molar-refractivity contribution in [2.75, 3.05) is 11.9 Å². The Balaban J connectivity index is 1.56. The van der Waals surface area contributed by atoms with Gasteiger partial charge in [-0.25, -0.2) is 4.79 Å². The van der Waals surface area contributed by atoms with Gasteiger partial charge in [0.05, 0.1) is 11.1 Å². The standard InChI is InChI=1S/C23H24N2O5/c1-14(25-20(27)17-7-5-6-8-18(17)21(25)28)22(29)30-13-19(26)24-16-11-9-15(10-12-16)23(2,3)4/h5-12,14H,13H2,1-4H3,(H,24,26)/t14-/m0/s1. The van der Waals surface area contributed by atoms with Crippen LogP contribution < -0.4 is 5.32 Å². The first kappa shape index (κ1) is 21.2. The molecular weight excluding hydrogens is 384 g/mol. The second-order valence-electron chi connectivity index (χ2n) is 8.19. The molecule has 0 radical (unpaired) electrons. The molecule has 0 saturated heterocycles. The van der Waals surface area contributed by atoms with Crippen molar-refractivity contribution in [2.24, 2.45) is 0 Å². The summed E-state index contributed by atoms with van der Waals surface area (Å²) in [4.78, 5) is 50.2. The molecule has 7 heteroatoms. The number of imide groups is 1. The number of nitrogens with zero attached hydrogens (tertiary/aromatic N) is 1. The van der Waals surface area contributed by atoms with Gasteiger partial charge in [0.15, 0.2) is 6.61 Å². The van der Waals surface area contributed by atoms with Crippen molar-refractivity contribution in [3.05, 3.63) is 65.2 Å². The average Bonchev–Trinajstić information content (AvgIpc) is 2.96. The number of anilines is 1. The van der Waals surface area contributed by atoms with Gasteiger partial charge in [0, 0.05) is 5.69 Å². The van der Waals surface area contributed by atoms with Crippen LogP contribution in [0.4, 0.5) is 5.69 Å². The summed E-state index contributed by atoms with van der Waals surface area (Å²) in [5.41, 5.74) is 2.20. The minimum Gasteiger partial charge on any atom is -0.454 e.